The lowest BCUT2D eigenvalue weighted by Gasteiger charge is -2.38. The highest BCUT2D eigenvalue weighted by molar-refractivity contribution is 7.09. The highest BCUT2D eigenvalue weighted by atomic mass is 32.1. The van der Waals surface area contributed by atoms with E-state index in [9.17, 15) is 14.0 Å². The molecule has 1 atom stereocenters. The first-order chi connectivity index (χ1) is 18.4. The van der Waals surface area contributed by atoms with Crippen molar-refractivity contribution in [3.8, 4) is 5.75 Å². The first-order valence-electron chi connectivity index (χ1n) is 12.5. The normalized spacial score (nSPS) is 14.6. The monoisotopic (exact) mass is 529 g/mol. The molecule has 1 aromatic heterocycles. The third kappa shape index (κ3) is 5.60. The molecule has 3 aromatic carbocycles. The number of halogens is 1. The molecule has 0 spiro atoms. The SMILES string of the molecule is CCC(=O)N1CCc2ccc(OCc3nc(C(=O)Nc4ccc(C)cc4)cs3)cc2[C@H]1c1cccc(F)c1. The van der Waals surface area contributed by atoms with E-state index in [1.54, 1.807) is 11.4 Å². The van der Waals surface area contributed by atoms with Crippen molar-refractivity contribution in [2.75, 3.05) is 11.9 Å². The molecule has 1 aliphatic heterocycles. The van der Waals surface area contributed by atoms with Gasteiger partial charge in [0.05, 0.1) is 6.04 Å². The molecule has 1 N–H and O–H groups in total. The number of rotatable bonds is 7. The van der Waals surface area contributed by atoms with Gasteiger partial charge in [-0.15, -0.1) is 11.3 Å². The number of carbonyl (C=O) groups excluding carboxylic acids is 2. The number of thiazole rings is 1. The van der Waals surface area contributed by atoms with Crippen LogP contribution in [0.4, 0.5) is 10.1 Å². The molecule has 0 unspecified atom stereocenters. The van der Waals surface area contributed by atoms with Crippen LogP contribution in [0, 0.1) is 12.7 Å². The number of nitrogens with zero attached hydrogens (tertiary/aromatic N) is 2. The van der Waals surface area contributed by atoms with Crippen molar-refractivity contribution >= 4 is 28.8 Å². The van der Waals surface area contributed by atoms with Gasteiger partial charge in [-0.2, -0.15) is 0 Å². The fraction of sp³-hybridized carbons (Fsp3) is 0.233. The Morgan fingerprint density at radius 3 is 2.71 bits per heavy atom. The van der Waals surface area contributed by atoms with Crippen LogP contribution in [0.2, 0.25) is 0 Å². The average Bonchev–Trinajstić information content (AvgIpc) is 3.41. The molecule has 0 radical (unpaired) electrons. The average molecular weight is 530 g/mol. The number of aryl methyl sites for hydroxylation is 1. The number of anilines is 1. The molecule has 0 saturated heterocycles. The first-order valence-corrected chi connectivity index (χ1v) is 13.4. The number of benzene rings is 3. The molecule has 0 aliphatic carbocycles. The molecule has 2 amide bonds. The minimum absolute atomic E-state index is 0.0236. The Kier molecular flexibility index (Phi) is 7.51. The van der Waals surface area contributed by atoms with E-state index in [4.69, 9.17) is 4.74 Å². The zero-order valence-electron chi connectivity index (χ0n) is 21.2. The van der Waals surface area contributed by atoms with E-state index in [1.165, 1.54) is 23.5 Å². The van der Waals surface area contributed by atoms with Crippen LogP contribution in [0.5, 0.6) is 5.75 Å². The highest BCUT2D eigenvalue weighted by Gasteiger charge is 2.32. The summed E-state index contributed by atoms with van der Waals surface area (Å²) in [6, 6.07) is 19.4. The second-order valence-electron chi connectivity index (χ2n) is 9.24. The van der Waals surface area contributed by atoms with Crippen molar-refractivity contribution in [3.63, 3.8) is 0 Å². The molecule has 5 rings (SSSR count). The van der Waals surface area contributed by atoms with Crippen molar-refractivity contribution in [1.29, 1.82) is 0 Å². The van der Waals surface area contributed by atoms with Gasteiger partial charge in [-0.05, 0) is 66.4 Å². The smallest absolute Gasteiger partial charge is 0.275 e. The Hall–Kier alpha value is -4.04. The van der Waals surface area contributed by atoms with Gasteiger partial charge in [0.2, 0.25) is 5.91 Å². The number of nitrogens with one attached hydrogen (secondary N) is 1. The molecule has 0 saturated carbocycles. The zero-order chi connectivity index (χ0) is 26.6. The van der Waals surface area contributed by atoms with E-state index in [0.717, 1.165) is 28.7 Å². The minimum Gasteiger partial charge on any atom is -0.486 e. The van der Waals surface area contributed by atoms with Crippen molar-refractivity contribution in [2.45, 2.75) is 39.3 Å². The maximum Gasteiger partial charge on any atom is 0.275 e. The summed E-state index contributed by atoms with van der Waals surface area (Å²) in [5, 5.41) is 5.23. The van der Waals surface area contributed by atoms with E-state index in [0.29, 0.717) is 35.1 Å². The van der Waals surface area contributed by atoms with E-state index in [1.807, 2.05) is 67.3 Å². The van der Waals surface area contributed by atoms with Gasteiger partial charge in [-0.1, -0.05) is 42.8 Å². The lowest BCUT2D eigenvalue weighted by Crippen LogP contribution is -2.40. The summed E-state index contributed by atoms with van der Waals surface area (Å²) in [6.45, 7) is 4.60. The third-order valence-corrected chi connectivity index (χ3v) is 7.41. The van der Waals surface area contributed by atoms with Gasteiger partial charge in [-0.25, -0.2) is 9.37 Å². The molecular weight excluding hydrogens is 501 g/mol. The highest BCUT2D eigenvalue weighted by Crippen LogP contribution is 2.38. The van der Waals surface area contributed by atoms with Crippen molar-refractivity contribution in [2.24, 2.45) is 0 Å². The standard InChI is InChI=1S/C30H28FN3O3S/c1-3-28(35)34-14-13-20-9-12-24(16-25(20)29(34)21-5-4-6-22(31)15-21)37-17-27-33-26(18-38-27)30(36)32-23-10-7-19(2)8-11-23/h4-12,15-16,18,29H,3,13-14,17H2,1-2H3,(H,32,36)/t29-/m1/s1. The number of aromatic nitrogens is 1. The predicted molar refractivity (Wildman–Crippen MR) is 146 cm³/mol. The lowest BCUT2D eigenvalue weighted by molar-refractivity contribution is -0.132. The Morgan fingerprint density at radius 2 is 1.95 bits per heavy atom. The predicted octanol–water partition coefficient (Wildman–Crippen LogP) is 6.31. The number of hydrogen-bond donors (Lipinski definition) is 1. The maximum atomic E-state index is 14.1. The van der Waals surface area contributed by atoms with Gasteiger partial charge in [0.1, 0.15) is 28.9 Å². The minimum atomic E-state index is -0.387. The fourth-order valence-electron chi connectivity index (χ4n) is 4.65. The summed E-state index contributed by atoms with van der Waals surface area (Å²) in [6.07, 6.45) is 1.10. The van der Waals surface area contributed by atoms with Crippen LogP contribution >= 0.6 is 11.3 Å². The number of fused-ring (bicyclic) bond motifs is 1. The zero-order valence-corrected chi connectivity index (χ0v) is 22.1. The fourth-order valence-corrected chi connectivity index (χ4v) is 5.33. The summed E-state index contributed by atoms with van der Waals surface area (Å²) >= 11 is 1.35. The largest absolute Gasteiger partial charge is 0.486 e. The van der Waals surface area contributed by atoms with E-state index in [2.05, 4.69) is 10.3 Å². The van der Waals surface area contributed by atoms with Crippen molar-refractivity contribution in [1.82, 2.24) is 9.88 Å². The van der Waals surface area contributed by atoms with E-state index >= 15 is 0 Å². The number of carbonyl (C=O) groups is 2. The summed E-state index contributed by atoms with van der Waals surface area (Å²) in [7, 11) is 0. The molecule has 8 heteroatoms. The van der Waals surface area contributed by atoms with Crippen LogP contribution in [0.1, 0.15) is 57.1 Å². The van der Waals surface area contributed by atoms with E-state index < -0.39 is 0 Å². The number of hydrogen-bond acceptors (Lipinski definition) is 5. The van der Waals surface area contributed by atoms with Gasteiger partial charge in [0, 0.05) is 24.0 Å². The van der Waals surface area contributed by atoms with Gasteiger partial charge < -0.3 is 15.0 Å². The second kappa shape index (κ2) is 11.1. The van der Waals surface area contributed by atoms with Gasteiger partial charge >= 0.3 is 0 Å². The number of ether oxygens (including phenoxy) is 1. The lowest BCUT2D eigenvalue weighted by atomic mass is 9.87. The van der Waals surface area contributed by atoms with Gasteiger partial charge in [-0.3, -0.25) is 9.59 Å². The Morgan fingerprint density at radius 1 is 1.13 bits per heavy atom. The van der Waals surface area contributed by atoms with Crippen LogP contribution in [0.15, 0.2) is 72.1 Å². The first kappa shape index (κ1) is 25.6. The Bertz CT molecular complexity index is 1470. The third-order valence-electron chi connectivity index (χ3n) is 6.59. The number of amides is 2. The Labute approximate surface area is 225 Å². The van der Waals surface area contributed by atoms with Crippen molar-refractivity contribution in [3.05, 3.63) is 111 Å². The van der Waals surface area contributed by atoms with Gasteiger partial charge in [0.15, 0.2) is 0 Å². The topological polar surface area (TPSA) is 71.5 Å². The van der Waals surface area contributed by atoms with Gasteiger partial charge in [0.25, 0.3) is 5.91 Å². The second-order valence-corrected chi connectivity index (χ2v) is 10.2. The summed E-state index contributed by atoms with van der Waals surface area (Å²) in [4.78, 5) is 31.6. The molecule has 2 heterocycles. The molecule has 0 fully saturated rings. The summed E-state index contributed by atoms with van der Waals surface area (Å²) in [5.41, 5.74) is 4.93. The molecule has 194 valence electrons. The summed E-state index contributed by atoms with van der Waals surface area (Å²) < 4.78 is 20.2. The van der Waals surface area contributed by atoms with Crippen molar-refractivity contribution < 1.29 is 18.7 Å². The van der Waals surface area contributed by atoms with Crippen LogP contribution in [0.25, 0.3) is 0 Å². The van der Waals surface area contributed by atoms with E-state index in [-0.39, 0.29) is 30.3 Å². The van der Waals surface area contributed by atoms with Crippen LogP contribution in [-0.4, -0.2) is 28.2 Å². The van der Waals surface area contributed by atoms with Crippen LogP contribution < -0.4 is 10.1 Å². The van der Waals surface area contributed by atoms with Crippen LogP contribution in [0.3, 0.4) is 0 Å². The molecule has 4 aromatic rings. The molecule has 6 nitrogen and oxygen atoms in total. The Balaban J connectivity index is 1.33. The molecule has 0 bridgehead atoms. The molecule has 38 heavy (non-hydrogen) atoms. The molecular formula is C30H28FN3O3S. The quantitative estimate of drug-likeness (QED) is 0.305. The van der Waals surface area contributed by atoms with Crippen LogP contribution in [-0.2, 0) is 17.8 Å². The molecule has 1 aliphatic rings. The summed E-state index contributed by atoms with van der Waals surface area (Å²) in [5.74, 6) is 0.0351. The maximum absolute atomic E-state index is 14.1.